The fourth-order valence-corrected chi connectivity index (χ4v) is 1.64. The van der Waals surface area contributed by atoms with Crippen LogP contribution < -0.4 is 5.32 Å². The predicted octanol–water partition coefficient (Wildman–Crippen LogP) is 3.08. The topological polar surface area (TPSA) is 42.0 Å². The molecule has 3 nitrogen and oxygen atoms in total. The maximum Gasteiger partial charge on any atom is 0.255 e. The van der Waals surface area contributed by atoms with Crippen LogP contribution in [0.5, 0.6) is 0 Å². The van der Waals surface area contributed by atoms with E-state index >= 15 is 0 Å². The van der Waals surface area contributed by atoms with E-state index in [2.05, 4.69) is 32.9 Å². The summed E-state index contributed by atoms with van der Waals surface area (Å²) >= 11 is 2.18. The lowest BCUT2D eigenvalue weighted by atomic mass is 10.2. The van der Waals surface area contributed by atoms with E-state index in [0.29, 0.717) is 5.69 Å². The summed E-state index contributed by atoms with van der Waals surface area (Å²) in [6.07, 6.45) is 1.26. The lowest BCUT2D eigenvalue weighted by Gasteiger charge is -2.04. The van der Waals surface area contributed by atoms with Crippen molar-refractivity contribution in [2.45, 2.75) is 0 Å². The van der Waals surface area contributed by atoms with Crippen molar-refractivity contribution in [2.24, 2.45) is 0 Å². The fourth-order valence-electron chi connectivity index (χ4n) is 1.28. The Labute approximate surface area is 111 Å². The number of hydrogen-bond acceptors (Lipinski definition) is 2. The van der Waals surface area contributed by atoms with Crippen LogP contribution in [0.3, 0.4) is 0 Å². The molecule has 0 atom stereocenters. The third-order valence-corrected chi connectivity index (χ3v) is 2.81. The average Bonchev–Trinajstić information content (AvgIpc) is 2.32. The molecule has 5 heteroatoms. The number of nitrogens with zero attached hydrogens (tertiary/aromatic N) is 1. The van der Waals surface area contributed by atoms with Gasteiger partial charge in [-0.1, -0.05) is 0 Å². The van der Waals surface area contributed by atoms with Gasteiger partial charge >= 0.3 is 0 Å². The molecular formula is C12H8FIN2O. The largest absolute Gasteiger partial charge is 0.322 e. The predicted molar refractivity (Wildman–Crippen MR) is 71.3 cm³/mol. The second-order valence-corrected chi connectivity index (χ2v) is 4.57. The molecule has 0 spiro atoms. The average molecular weight is 342 g/mol. The van der Waals surface area contributed by atoms with Gasteiger partial charge in [0.25, 0.3) is 5.91 Å². The maximum absolute atomic E-state index is 12.8. The van der Waals surface area contributed by atoms with Gasteiger partial charge in [0.1, 0.15) is 0 Å². The van der Waals surface area contributed by atoms with E-state index in [1.54, 1.807) is 12.1 Å². The Morgan fingerprint density at radius 3 is 2.59 bits per heavy atom. The van der Waals surface area contributed by atoms with Crippen molar-refractivity contribution in [2.75, 3.05) is 5.32 Å². The van der Waals surface area contributed by atoms with Crippen molar-refractivity contribution >= 4 is 34.2 Å². The van der Waals surface area contributed by atoms with Crippen molar-refractivity contribution in [3.63, 3.8) is 0 Å². The van der Waals surface area contributed by atoms with Gasteiger partial charge in [-0.05, 0) is 52.9 Å². The Bertz CT molecular complexity index is 542. The first kappa shape index (κ1) is 12.0. The van der Waals surface area contributed by atoms with Gasteiger partial charge in [-0.25, -0.2) is 4.98 Å². The van der Waals surface area contributed by atoms with Gasteiger partial charge in [-0.2, -0.15) is 4.39 Å². The van der Waals surface area contributed by atoms with Crippen molar-refractivity contribution in [1.82, 2.24) is 4.98 Å². The Morgan fingerprint density at radius 1 is 1.24 bits per heavy atom. The Balaban J connectivity index is 2.14. The second-order valence-electron chi connectivity index (χ2n) is 3.33. The van der Waals surface area contributed by atoms with E-state index in [0.717, 1.165) is 9.64 Å². The van der Waals surface area contributed by atoms with E-state index in [-0.39, 0.29) is 11.5 Å². The molecule has 86 valence electrons. The first-order valence-electron chi connectivity index (χ1n) is 4.83. The lowest BCUT2D eigenvalue weighted by molar-refractivity contribution is 0.102. The van der Waals surface area contributed by atoms with Crippen LogP contribution in [-0.4, -0.2) is 10.9 Å². The van der Waals surface area contributed by atoms with E-state index in [9.17, 15) is 9.18 Å². The van der Waals surface area contributed by atoms with E-state index < -0.39 is 5.95 Å². The van der Waals surface area contributed by atoms with Crippen molar-refractivity contribution < 1.29 is 9.18 Å². The molecule has 0 saturated carbocycles. The summed E-state index contributed by atoms with van der Waals surface area (Å²) in [4.78, 5) is 15.1. The highest BCUT2D eigenvalue weighted by Crippen LogP contribution is 2.12. The molecule has 0 bridgehead atoms. The molecule has 1 heterocycles. The summed E-state index contributed by atoms with van der Waals surface area (Å²) < 4.78 is 13.9. The molecule has 0 aliphatic rings. The molecular weight excluding hydrogens is 334 g/mol. The number of nitrogens with one attached hydrogen (secondary N) is 1. The summed E-state index contributed by atoms with van der Waals surface area (Å²) in [6, 6.07) is 9.90. The van der Waals surface area contributed by atoms with Crippen molar-refractivity contribution in [3.05, 3.63) is 57.7 Å². The van der Waals surface area contributed by atoms with Gasteiger partial charge in [0.2, 0.25) is 5.95 Å². The van der Waals surface area contributed by atoms with Crippen molar-refractivity contribution in [1.29, 1.82) is 0 Å². The number of carbonyl (C=O) groups excluding carboxylic acids is 1. The van der Waals surface area contributed by atoms with Crippen LogP contribution in [0.1, 0.15) is 10.4 Å². The number of hydrogen-bond donors (Lipinski definition) is 1. The first-order chi connectivity index (χ1) is 8.15. The third-order valence-electron chi connectivity index (χ3n) is 2.09. The number of carbonyl (C=O) groups is 1. The molecule has 0 unspecified atom stereocenters. The minimum absolute atomic E-state index is 0.246. The molecule has 0 aliphatic heterocycles. The zero-order valence-electron chi connectivity index (χ0n) is 8.65. The number of halogens is 2. The minimum atomic E-state index is -0.666. The van der Waals surface area contributed by atoms with Gasteiger partial charge in [0, 0.05) is 27.1 Å². The lowest BCUT2D eigenvalue weighted by Crippen LogP contribution is -2.12. The van der Waals surface area contributed by atoms with Crippen molar-refractivity contribution in [3.8, 4) is 0 Å². The van der Waals surface area contributed by atoms with Gasteiger partial charge in [0.15, 0.2) is 0 Å². The van der Waals surface area contributed by atoms with Crippen LogP contribution in [0.4, 0.5) is 10.1 Å². The van der Waals surface area contributed by atoms with E-state index in [4.69, 9.17) is 0 Å². The van der Waals surface area contributed by atoms with Crippen LogP contribution >= 0.6 is 22.6 Å². The number of pyridine rings is 1. The molecule has 0 radical (unpaired) electrons. The van der Waals surface area contributed by atoms with Gasteiger partial charge in [-0.3, -0.25) is 4.79 Å². The molecule has 0 aliphatic carbocycles. The quantitative estimate of drug-likeness (QED) is 0.673. The normalized spacial score (nSPS) is 10.0. The summed E-state index contributed by atoms with van der Waals surface area (Å²) in [5, 5.41) is 2.68. The number of aromatic nitrogens is 1. The highest BCUT2D eigenvalue weighted by molar-refractivity contribution is 14.1. The molecule has 0 fully saturated rings. The summed E-state index contributed by atoms with van der Waals surface area (Å²) in [7, 11) is 0. The minimum Gasteiger partial charge on any atom is -0.322 e. The number of amides is 1. The molecule has 1 N–H and O–H groups in total. The van der Waals surface area contributed by atoms with Crippen LogP contribution in [0.25, 0.3) is 0 Å². The molecule has 2 rings (SSSR count). The molecule has 2 aromatic rings. The first-order valence-corrected chi connectivity index (χ1v) is 5.91. The number of rotatable bonds is 2. The zero-order chi connectivity index (χ0) is 12.3. The number of anilines is 1. The smallest absolute Gasteiger partial charge is 0.255 e. The van der Waals surface area contributed by atoms with Crippen LogP contribution in [0.2, 0.25) is 0 Å². The Morgan fingerprint density at radius 2 is 1.94 bits per heavy atom. The summed E-state index contributed by atoms with van der Waals surface area (Å²) in [5.74, 6) is -1.02. The number of benzene rings is 1. The Hall–Kier alpha value is -1.50. The van der Waals surface area contributed by atoms with Gasteiger partial charge < -0.3 is 5.32 Å². The molecule has 17 heavy (non-hydrogen) atoms. The molecule has 0 saturated heterocycles. The Kier molecular flexibility index (Phi) is 3.68. The fraction of sp³-hybridized carbons (Fsp3) is 0. The molecule has 1 amide bonds. The maximum atomic E-state index is 12.8. The monoisotopic (exact) mass is 342 g/mol. The highest BCUT2D eigenvalue weighted by atomic mass is 127. The van der Waals surface area contributed by atoms with E-state index in [1.807, 2.05) is 12.1 Å². The zero-order valence-corrected chi connectivity index (χ0v) is 10.8. The molecule has 1 aromatic carbocycles. The van der Waals surface area contributed by atoms with Crippen LogP contribution in [0, 0.1) is 9.52 Å². The van der Waals surface area contributed by atoms with Crippen LogP contribution in [0.15, 0.2) is 42.6 Å². The summed E-state index contributed by atoms with van der Waals surface area (Å²) in [5.41, 5.74) is 0.920. The standard InChI is InChI=1S/C12H8FIN2O/c13-11-7-8(5-6-15-11)12(17)16-10-3-1-9(14)2-4-10/h1-7H,(H,16,17). The molecule has 1 aromatic heterocycles. The summed E-state index contributed by atoms with van der Waals surface area (Å²) in [6.45, 7) is 0. The van der Waals surface area contributed by atoms with Crippen LogP contribution in [-0.2, 0) is 0 Å². The highest BCUT2D eigenvalue weighted by Gasteiger charge is 2.07. The van der Waals surface area contributed by atoms with Gasteiger partial charge in [0.05, 0.1) is 0 Å². The van der Waals surface area contributed by atoms with Gasteiger partial charge in [-0.15, -0.1) is 0 Å². The second kappa shape index (κ2) is 5.22. The third kappa shape index (κ3) is 3.23. The SMILES string of the molecule is O=C(Nc1ccc(I)cc1)c1ccnc(F)c1. The van der Waals surface area contributed by atoms with E-state index in [1.165, 1.54) is 12.3 Å².